The van der Waals surface area contributed by atoms with E-state index in [4.69, 9.17) is 14.2 Å². The van der Waals surface area contributed by atoms with E-state index in [1.54, 1.807) is 0 Å². The molecule has 0 fully saturated rings. The van der Waals surface area contributed by atoms with Gasteiger partial charge in [-0.05, 0) is 37.1 Å². The Morgan fingerprint density at radius 2 is 1.68 bits per heavy atom. The lowest BCUT2D eigenvalue weighted by Crippen LogP contribution is -2.14. The highest BCUT2D eigenvalue weighted by Gasteiger charge is 2.17. The second-order valence-corrected chi connectivity index (χ2v) is 5.94. The van der Waals surface area contributed by atoms with Crippen molar-refractivity contribution in [2.75, 3.05) is 26.4 Å². The topological polar surface area (TPSA) is 61.8 Å². The maximum atomic E-state index is 12.5. The van der Waals surface area contributed by atoms with Gasteiger partial charge in [0.1, 0.15) is 19.0 Å². The molecule has 0 saturated heterocycles. The standard InChI is InChI=1S/C20H30O5/c1-4-6-7-17(5-2)20(22)18-8-10-19(11-9-18)25-15-13-23-12-14-24-16(3)21/h8-11,17H,4-7,12-15H2,1-3H3. The van der Waals surface area contributed by atoms with Crippen LogP contribution in [0.2, 0.25) is 0 Å². The molecule has 0 N–H and O–H groups in total. The number of hydrogen-bond donors (Lipinski definition) is 0. The molecule has 1 unspecified atom stereocenters. The van der Waals surface area contributed by atoms with Gasteiger partial charge in [-0.1, -0.05) is 26.7 Å². The fourth-order valence-corrected chi connectivity index (χ4v) is 2.49. The van der Waals surface area contributed by atoms with Crippen molar-refractivity contribution in [2.24, 2.45) is 5.92 Å². The molecule has 0 spiro atoms. The molecule has 0 heterocycles. The first-order valence-corrected chi connectivity index (χ1v) is 9.06. The summed E-state index contributed by atoms with van der Waals surface area (Å²) in [6.07, 6.45) is 4.03. The number of benzene rings is 1. The van der Waals surface area contributed by atoms with Crippen molar-refractivity contribution in [2.45, 2.75) is 46.5 Å². The summed E-state index contributed by atoms with van der Waals surface area (Å²) >= 11 is 0. The van der Waals surface area contributed by atoms with Crippen LogP contribution in [0, 0.1) is 5.92 Å². The summed E-state index contributed by atoms with van der Waals surface area (Å²) < 4.78 is 15.6. The summed E-state index contributed by atoms with van der Waals surface area (Å²) in [6.45, 7) is 7.00. The molecule has 1 aromatic carbocycles. The number of unbranched alkanes of at least 4 members (excludes halogenated alkanes) is 1. The average Bonchev–Trinajstić information content (AvgIpc) is 2.61. The second kappa shape index (κ2) is 12.5. The van der Waals surface area contributed by atoms with Gasteiger partial charge in [-0.3, -0.25) is 9.59 Å². The van der Waals surface area contributed by atoms with Crippen LogP contribution in [0.1, 0.15) is 56.8 Å². The maximum absolute atomic E-state index is 12.5. The SMILES string of the molecule is CCCCC(CC)C(=O)c1ccc(OCCOCCOC(C)=O)cc1. The Bertz CT molecular complexity index is 509. The number of ketones is 1. The molecule has 0 radical (unpaired) electrons. The third-order valence-corrected chi connectivity index (χ3v) is 3.94. The Balaban J connectivity index is 2.33. The van der Waals surface area contributed by atoms with Crippen LogP contribution >= 0.6 is 0 Å². The molecule has 5 heteroatoms. The van der Waals surface area contributed by atoms with Crippen LogP contribution in [0.15, 0.2) is 24.3 Å². The van der Waals surface area contributed by atoms with Gasteiger partial charge >= 0.3 is 5.97 Å². The van der Waals surface area contributed by atoms with Gasteiger partial charge in [-0.2, -0.15) is 0 Å². The van der Waals surface area contributed by atoms with Gasteiger partial charge in [0, 0.05) is 18.4 Å². The lowest BCUT2D eigenvalue weighted by molar-refractivity contribution is -0.142. The van der Waals surface area contributed by atoms with Gasteiger partial charge in [0.05, 0.1) is 13.2 Å². The highest BCUT2D eigenvalue weighted by molar-refractivity contribution is 5.97. The van der Waals surface area contributed by atoms with Crippen molar-refractivity contribution in [3.63, 3.8) is 0 Å². The Morgan fingerprint density at radius 1 is 1.00 bits per heavy atom. The number of rotatable bonds is 13. The van der Waals surface area contributed by atoms with E-state index in [2.05, 4.69) is 13.8 Å². The van der Waals surface area contributed by atoms with E-state index in [-0.39, 0.29) is 24.3 Å². The smallest absolute Gasteiger partial charge is 0.302 e. The molecule has 0 aromatic heterocycles. The van der Waals surface area contributed by atoms with Crippen LogP contribution in [0.5, 0.6) is 5.75 Å². The van der Waals surface area contributed by atoms with Crippen molar-refractivity contribution in [3.8, 4) is 5.75 Å². The third-order valence-electron chi connectivity index (χ3n) is 3.94. The van der Waals surface area contributed by atoms with E-state index in [9.17, 15) is 9.59 Å². The van der Waals surface area contributed by atoms with Gasteiger partial charge < -0.3 is 14.2 Å². The fraction of sp³-hybridized carbons (Fsp3) is 0.600. The van der Waals surface area contributed by atoms with Crippen molar-refractivity contribution in [1.82, 2.24) is 0 Å². The minimum atomic E-state index is -0.311. The Morgan fingerprint density at radius 3 is 2.28 bits per heavy atom. The molecule has 0 amide bonds. The zero-order chi connectivity index (χ0) is 18.5. The molecule has 0 aliphatic carbocycles. The van der Waals surface area contributed by atoms with Gasteiger partial charge in [-0.25, -0.2) is 0 Å². The van der Waals surface area contributed by atoms with E-state index in [1.165, 1.54) is 6.92 Å². The summed E-state index contributed by atoms with van der Waals surface area (Å²) in [6, 6.07) is 7.29. The number of carbonyl (C=O) groups is 2. The van der Waals surface area contributed by atoms with Crippen molar-refractivity contribution in [1.29, 1.82) is 0 Å². The third kappa shape index (κ3) is 8.68. The molecule has 0 bridgehead atoms. The molecular formula is C20H30O5. The van der Waals surface area contributed by atoms with Crippen molar-refractivity contribution >= 4 is 11.8 Å². The Kier molecular flexibility index (Phi) is 10.6. The van der Waals surface area contributed by atoms with Crippen molar-refractivity contribution < 1.29 is 23.8 Å². The summed E-state index contributed by atoms with van der Waals surface area (Å²) in [7, 11) is 0. The minimum absolute atomic E-state index is 0.109. The zero-order valence-corrected chi connectivity index (χ0v) is 15.6. The molecule has 25 heavy (non-hydrogen) atoms. The largest absolute Gasteiger partial charge is 0.491 e. The van der Waals surface area contributed by atoms with Gasteiger partial charge in [0.25, 0.3) is 0 Å². The number of hydrogen-bond acceptors (Lipinski definition) is 5. The van der Waals surface area contributed by atoms with Gasteiger partial charge in [0.15, 0.2) is 5.78 Å². The highest BCUT2D eigenvalue weighted by Crippen LogP contribution is 2.20. The molecule has 0 aliphatic heterocycles. The molecule has 0 saturated carbocycles. The predicted molar refractivity (Wildman–Crippen MR) is 97.0 cm³/mol. The maximum Gasteiger partial charge on any atom is 0.302 e. The number of esters is 1. The van der Waals surface area contributed by atoms with Crippen LogP contribution in [0.3, 0.4) is 0 Å². The normalized spacial score (nSPS) is 11.8. The molecular weight excluding hydrogens is 320 g/mol. The van der Waals surface area contributed by atoms with Crippen LogP contribution < -0.4 is 4.74 Å². The first-order chi connectivity index (χ1) is 12.1. The minimum Gasteiger partial charge on any atom is -0.491 e. The summed E-state index contributed by atoms with van der Waals surface area (Å²) in [5.74, 6) is 0.727. The average molecular weight is 350 g/mol. The lowest BCUT2D eigenvalue weighted by atomic mass is 9.91. The molecule has 1 rings (SSSR count). The van der Waals surface area contributed by atoms with Crippen LogP contribution in [0.25, 0.3) is 0 Å². The Hall–Kier alpha value is -1.88. The monoisotopic (exact) mass is 350 g/mol. The van der Waals surface area contributed by atoms with E-state index < -0.39 is 0 Å². The summed E-state index contributed by atoms with van der Waals surface area (Å²) in [4.78, 5) is 23.1. The number of Topliss-reactive ketones (excluding diaryl/α,β-unsaturated/α-hetero) is 1. The molecule has 1 atom stereocenters. The fourth-order valence-electron chi connectivity index (χ4n) is 2.49. The van der Waals surface area contributed by atoms with E-state index in [0.29, 0.717) is 25.6 Å². The van der Waals surface area contributed by atoms with E-state index >= 15 is 0 Å². The Labute approximate surface area is 150 Å². The highest BCUT2D eigenvalue weighted by atomic mass is 16.6. The molecule has 0 aliphatic rings. The second-order valence-electron chi connectivity index (χ2n) is 5.94. The molecule has 5 nitrogen and oxygen atoms in total. The predicted octanol–water partition coefficient (Wildman–Crippen LogP) is 4.04. The first kappa shape index (κ1) is 21.2. The lowest BCUT2D eigenvalue weighted by Gasteiger charge is -2.13. The first-order valence-electron chi connectivity index (χ1n) is 9.06. The van der Waals surface area contributed by atoms with Gasteiger partial charge in [0.2, 0.25) is 0 Å². The summed E-state index contributed by atoms with van der Waals surface area (Å²) in [5.41, 5.74) is 0.743. The molecule has 140 valence electrons. The van der Waals surface area contributed by atoms with Crippen LogP contribution in [-0.2, 0) is 14.3 Å². The van der Waals surface area contributed by atoms with E-state index in [0.717, 1.165) is 31.2 Å². The quantitative estimate of drug-likeness (QED) is 0.305. The molecule has 1 aromatic rings. The number of carbonyl (C=O) groups excluding carboxylic acids is 2. The van der Waals surface area contributed by atoms with Crippen LogP contribution in [-0.4, -0.2) is 38.2 Å². The van der Waals surface area contributed by atoms with Crippen LogP contribution in [0.4, 0.5) is 0 Å². The van der Waals surface area contributed by atoms with E-state index in [1.807, 2.05) is 24.3 Å². The van der Waals surface area contributed by atoms with Gasteiger partial charge in [-0.15, -0.1) is 0 Å². The van der Waals surface area contributed by atoms with Crippen molar-refractivity contribution in [3.05, 3.63) is 29.8 Å². The number of ether oxygens (including phenoxy) is 3. The zero-order valence-electron chi connectivity index (χ0n) is 15.6. The summed E-state index contributed by atoms with van der Waals surface area (Å²) in [5, 5.41) is 0.